The Morgan fingerprint density at radius 2 is 1.91 bits per heavy atom. The summed E-state index contributed by atoms with van der Waals surface area (Å²) in [5.41, 5.74) is 0.159. The molecule has 2 saturated heterocycles. The number of ether oxygens (including phenoxy) is 2. The average molecular weight is 426 g/mol. The summed E-state index contributed by atoms with van der Waals surface area (Å²) in [7, 11) is 6.13. The van der Waals surface area contributed by atoms with Crippen molar-refractivity contribution in [3.63, 3.8) is 0 Å². The van der Waals surface area contributed by atoms with Crippen molar-refractivity contribution < 1.29 is 9.47 Å². The van der Waals surface area contributed by atoms with Gasteiger partial charge in [-0.1, -0.05) is 0 Å². The first-order valence-corrected chi connectivity index (χ1v) is 7.94. The zero-order valence-corrected chi connectivity index (χ0v) is 16.4. The van der Waals surface area contributed by atoms with Crippen molar-refractivity contribution in [1.82, 2.24) is 15.5 Å². The number of likely N-dealkylation sites (N-methyl/N-ethyl adjacent to an activating group) is 1. The van der Waals surface area contributed by atoms with Crippen molar-refractivity contribution in [3.05, 3.63) is 0 Å². The molecular formula is C15H31IN4O2. The molecule has 130 valence electrons. The van der Waals surface area contributed by atoms with E-state index >= 15 is 0 Å². The zero-order chi connectivity index (χ0) is 15.1. The zero-order valence-electron chi connectivity index (χ0n) is 14.1. The highest BCUT2D eigenvalue weighted by atomic mass is 127. The molecule has 2 fully saturated rings. The fourth-order valence-electron chi connectivity index (χ4n) is 2.99. The molecule has 2 heterocycles. The number of rotatable bonds is 5. The number of hydrogen-bond donors (Lipinski definition) is 2. The van der Waals surface area contributed by atoms with Crippen LogP contribution in [0.4, 0.5) is 0 Å². The van der Waals surface area contributed by atoms with Crippen LogP contribution in [0.3, 0.4) is 0 Å². The Morgan fingerprint density at radius 3 is 2.45 bits per heavy atom. The van der Waals surface area contributed by atoms with Gasteiger partial charge in [-0.2, -0.15) is 0 Å². The third-order valence-electron chi connectivity index (χ3n) is 4.76. The highest BCUT2D eigenvalue weighted by Crippen LogP contribution is 2.25. The van der Waals surface area contributed by atoms with Gasteiger partial charge in [0.1, 0.15) is 0 Å². The van der Waals surface area contributed by atoms with Gasteiger partial charge in [0.05, 0.1) is 6.61 Å². The first kappa shape index (κ1) is 19.9. The summed E-state index contributed by atoms with van der Waals surface area (Å²) in [5.74, 6) is 1.49. The minimum atomic E-state index is 0. The molecule has 0 radical (unpaired) electrons. The van der Waals surface area contributed by atoms with Gasteiger partial charge in [-0.25, -0.2) is 0 Å². The number of halogens is 1. The molecule has 2 aliphatic heterocycles. The van der Waals surface area contributed by atoms with Gasteiger partial charge in [0, 0.05) is 51.4 Å². The summed E-state index contributed by atoms with van der Waals surface area (Å²) in [6, 6.07) is 0. The van der Waals surface area contributed by atoms with Crippen LogP contribution >= 0.6 is 24.0 Å². The van der Waals surface area contributed by atoms with Gasteiger partial charge in [-0.15, -0.1) is 24.0 Å². The van der Waals surface area contributed by atoms with E-state index < -0.39 is 0 Å². The Hall–Kier alpha value is -0.120. The average Bonchev–Trinajstić information content (AvgIpc) is 3.01. The third kappa shape index (κ3) is 5.50. The van der Waals surface area contributed by atoms with Crippen LogP contribution in [0.5, 0.6) is 0 Å². The van der Waals surface area contributed by atoms with E-state index in [1.54, 1.807) is 0 Å². The second-order valence-corrected chi connectivity index (χ2v) is 6.27. The van der Waals surface area contributed by atoms with Gasteiger partial charge in [-0.05, 0) is 33.4 Å². The van der Waals surface area contributed by atoms with Crippen LogP contribution < -0.4 is 10.6 Å². The maximum Gasteiger partial charge on any atom is 0.191 e. The molecular weight excluding hydrogens is 395 g/mol. The number of nitrogens with zero attached hydrogens (tertiary/aromatic N) is 2. The van der Waals surface area contributed by atoms with Gasteiger partial charge in [0.2, 0.25) is 0 Å². The Morgan fingerprint density at radius 1 is 1.18 bits per heavy atom. The summed E-state index contributed by atoms with van der Waals surface area (Å²) in [6.45, 7) is 5.25. The van der Waals surface area contributed by atoms with Crippen LogP contribution in [0.25, 0.3) is 0 Å². The van der Waals surface area contributed by atoms with E-state index in [9.17, 15) is 0 Å². The largest absolute Gasteiger partial charge is 0.381 e. The molecule has 0 aromatic rings. The molecule has 1 unspecified atom stereocenters. The van der Waals surface area contributed by atoms with Crippen molar-refractivity contribution in [2.45, 2.75) is 24.8 Å². The fourth-order valence-corrected chi connectivity index (χ4v) is 2.99. The summed E-state index contributed by atoms with van der Waals surface area (Å²) in [4.78, 5) is 6.65. The van der Waals surface area contributed by atoms with Crippen LogP contribution in [0.1, 0.15) is 19.3 Å². The van der Waals surface area contributed by atoms with Crippen LogP contribution in [-0.4, -0.2) is 77.1 Å². The molecule has 0 amide bonds. The quantitative estimate of drug-likeness (QED) is 0.389. The first-order chi connectivity index (χ1) is 10.2. The van der Waals surface area contributed by atoms with Gasteiger partial charge in [0.15, 0.2) is 5.96 Å². The number of nitrogens with one attached hydrogen (secondary N) is 2. The van der Waals surface area contributed by atoms with Crippen molar-refractivity contribution in [1.29, 1.82) is 0 Å². The van der Waals surface area contributed by atoms with Gasteiger partial charge < -0.3 is 25.0 Å². The summed E-state index contributed by atoms with van der Waals surface area (Å²) >= 11 is 0. The molecule has 1 atom stereocenters. The van der Waals surface area contributed by atoms with Crippen LogP contribution in [0.2, 0.25) is 0 Å². The Balaban J connectivity index is 0.00000242. The van der Waals surface area contributed by atoms with Crippen molar-refractivity contribution in [2.75, 3.05) is 60.7 Å². The lowest BCUT2D eigenvalue weighted by atomic mass is 9.88. The molecule has 2 rings (SSSR count). The number of hydrogen-bond acceptors (Lipinski definition) is 4. The van der Waals surface area contributed by atoms with Crippen LogP contribution in [0.15, 0.2) is 4.99 Å². The summed E-state index contributed by atoms with van der Waals surface area (Å²) in [6.07, 6.45) is 3.25. The molecule has 6 nitrogen and oxygen atoms in total. The standard InChI is InChI=1S/C15H30N4O2.HI/c1-16-14(17-10-13-4-7-21-11-13)18-12-15(19(2)3)5-8-20-9-6-15;/h13H,4-12H2,1-3H3,(H2,16,17,18);1H. The predicted octanol–water partition coefficient (Wildman–Crippen LogP) is 0.917. The highest BCUT2D eigenvalue weighted by Gasteiger charge is 2.34. The van der Waals surface area contributed by atoms with E-state index in [1.165, 1.54) is 0 Å². The smallest absolute Gasteiger partial charge is 0.191 e. The predicted molar refractivity (Wildman–Crippen MR) is 100 cm³/mol. The summed E-state index contributed by atoms with van der Waals surface area (Å²) < 4.78 is 10.9. The lowest BCUT2D eigenvalue weighted by Crippen LogP contribution is -2.57. The third-order valence-corrected chi connectivity index (χ3v) is 4.76. The second-order valence-electron chi connectivity index (χ2n) is 6.27. The normalized spacial score (nSPS) is 24.9. The second kappa shape index (κ2) is 9.89. The van der Waals surface area contributed by atoms with E-state index in [1.807, 2.05) is 7.05 Å². The van der Waals surface area contributed by atoms with Crippen molar-refractivity contribution >= 4 is 29.9 Å². The Bertz CT molecular complexity index is 340. The molecule has 22 heavy (non-hydrogen) atoms. The van der Waals surface area contributed by atoms with Crippen LogP contribution in [0, 0.1) is 5.92 Å². The van der Waals surface area contributed by atoms with Crippen LogP contribution in [-0.2, 0) is 9.47 Å². The maximum atomic E-state index is 5.51. The van der Waals surface area contributed by atoms with E-state index in [4.69, 9.17) is 9.47 Å². The molecule has 2 N–H and O–H groups in total. The number of guanidine groups is 1. The lowest BCUT2D eigenvalue weighted by Gasteiger charge is -2.43. The van der Waals surface area contributed by atoms with E-state index in [0.29, 0.717) is 5.92 Å². The van der Waals surface area contributed by atoms with E-state index in [-0.39, 0.29) is 29.5 Å². The topological polar surface area (TPSA) is 58.1 Å². The molecule has 7 heteroatoms. The molecule has 0 spiro atoms. The van der Waals surface area contributed by atoms with Crippen molar-refractivity contribution in [3.8, 4) is 0 Å². The van der Waals surface area contributed by atoms with E-state index in [2.05, 4.69) is 34.6 Å². The minimum absolute atomic E-state index is 0. The Labute approximate surface area is 151 Å². The van der Waals surface area contributed by atoms with Gasteiger partial charge in [-0.3, -0.25) is 4.99 Å². The first-order valence-electron chi connectivity index (χ1n) is 7.94. The fraction of sp³-hybridized carbons (Fsp3) is 0.933. The summed E-state index contributed by atoms with van der Waals surface area (Å²) in [5, 5.41) is 6.90. The molecule has 2 aliphatic rings. The number of aliphatic imine (C=N–C) groups is 1. The Kier molecular flexibility index (Phi) is 8.96. The highest BCUT2D eigenvalue weighted by molar-refractivity contribution is 14.0. The van der Waals surface area contributed by atoms with Gasteiger partial charge in [0.25, 0.3) is 0 Å². The molecule has 0 bridgehead atoms. The molecule has 0 saturated carbocycles. The molecule has 0 aromatic carbocycles. The minimum Gasteiger partial charge on any atom is -0.381 e. The lowest BCUT2D eigenvalue weighted by molar-refractivity contribution is -0.00501. The monoisotopic (exact) mass is 426 g/mol. The van der Waals surface area contributed by atoms with Crippen molar-refractivity contribution in [2.24, 2.45) is 10.9 Å². The SMILES string of the molecule is CN=C(NCC1CCOC1)NCC1(N(C)C)CCOCC1.I. The maximum absolute atomic E-state index is 5.51. The van der Waals surface area contributed by atoms with Gasteiger partial charge >= 0.3 is 0 Å². The molecule has 0 aliphatic carbocycles. The van der Waals surface area contributed by atoms with E-state index in [0.717, 1.165) is 64.7 Å². The molecule has 0 aromatic heterocycles.